The van der Waals surface area contributed by atoms with Gasteiger partial charge in [0.2, 0.25) is 5.91 Å². The molecular weight excluding hydrogens is 316 g/mol. The Bertz CT molecular complexity index is 733. The van der Waals surface area contributed by atoms with Crippen molar-refractivity contribution in [1.29, 1.82) is 0 Å². The molecule has 1 atom stereocenters. The lowest BCUT2D eigenvalue weighted by Gasteiger charge is -2.21. The molecule has 24 heavy (non-hydrogen) atoms. The van der Waals surface area contributed by atoms with Gasteiger partial charge in [-0.2, -0.15) is 5.10 Å². The van der Waals surface area contributed by atoms with Crippen molar-refractivity contribution in [3.05, 3.63) is 41.5 Å². The molecule has 1 aromatic carbocycles. The van der Waals surface area contributed by atoms with E-state index in [1.54, 1.807) is 0 Å². The molecule has 3 rings (SSSR count). The molecule has 1 aliphatic rings. The Balaban J connectivity index is 1.56. The number of rotatable bonds is 5. The first-order chi connectivity index (χ1) is 11.5. The first-order valence-corrected chi connectivity index (χ1v) is 7.91. The summed E-state index contributed by atoms with van der Waals surface area (Å²) in [5.41, 5.74) is -0.137. The minimum absolute atomic E-state index is 0.0913. The third kappa shape index (κ3) is 3.76. The Kier molecular flexibility index (Phi) is 4.84. The van der Waals surface area contributed by atoms with Crippen LogP contribution in [0.25, 0.3) is 0 Å². The average molecular weight is 335 g/mol. The molecule has 0 saturated carbocycles. The number of anilines is 1. The van der Waals surface area contributed by atoms with Gasteiger partial charge in [-0.05, 0) is 38.4 Å². The van der Waals surface area contributed by atoms with E-state index in [1.807, 2.05) is 6.92 Å². The number of hydrogen-bond acceptors (Lipinski definition) is 4. The summed E-state index contributed by atoms with van der Waals surface area (Å²) >= 11 is 0. The Morgan fingerprint density at radius 3 is 3.04 bits per heavy atom. The predicted molar refractivity (Wildman–Crippen MR) is 84.3 cm³/mol. The van der Waals surface area contributed by atoms with Crippen LogP contribution < -0.4 is 5.32 Å². The fraction of sp³-hybridized carbons (Fsp3) is 0.438. The van der Waals surface area contributed by atoms with E-state index < -0.39 is 11.6 Å². The molecule has 2 aromatic rings. The molecule has 0 bridgehead atoms. The third-order valence-electron chi connectivity index (χ3n) is 4.10. The summed E-state index contributed by atoms with van der Waals surface area (Å²) in [4.78, 5) is 18.5. The van der Waals surface area contributed by atoms with Gasteiger partial charge in [-0.3, -0.25) is 14.8 Å². The number of nitrogens with zero attached hydrogens (tertiary/aromatic N) is 3. The van der Waals surface area contributed by atoms with Crippen molar-refractivity contribution in [3.63, 3.8) is 0 Å². The standard InChI is InChI=1S/C16H19F2N5O/c1-10-19-16(22-21-10)14-3-2-7-23(14)8-6-15(24)20-13-9-11(17)4-5-12(13)18/h4-5,9,14H,2-3,6-8H2,1H3,(H,20,24)(H,19,21,22)/t14-/m1/s1. The van der Waals surface area contributed by atoms with Crippen LogP contribution in [0.2, 0.25) is 0 Å². The quantitative estimate of drug-likeness (QED) is 0.881. The van der Waals surface area contributed by atoms with Crippen LogP contribution in [0.5, 0.6) is 0 Å². The van der Waals surface area contributed by atoms with Gasteiger partial charge in [-0.25, -0.2) is 13.8 Å². The SMILES string of the molecule is Cc1nc([C@H]2CCCN2CCC(=O)Nc2cc(F)ccc2F)n[nH]1. The summed E-state index contributed by atoms with van der Waals surface area (Å²) in [6.07, 6.45) is 2.14. The zero-order valence-electron chi connectivity index (χ0n) is 13.4. The van der Waals surface area contributed by atoms with Crippen molar-refractivity contribution in [2.75, 3.05) is 18.4 Å². The van der Waals surface area contributed by atoms with E-state index >= 15 is 0 Å². The number of aromatic amines is 1. The number of nitrogens with one attached hydrogen (secondary N) is 2. The normalized spacial score (nSPS) is 18.0. The van der Waals surface area contributed by atoms with E-state index in [1.165, 1.54) is 0 Å². The molecule has 6 nitrogen and oxygen atoms in total. The minimum atomic E-state index is -0.653. The number of likely N-dealkylation sites (tertiary alicyclic amines) is 1. The van der Waals surface area contributed by atoms with Crippen LogP contribution in [0.3, 0.4) is 0 Å². The van der Waals surface area contributed by atoms with Crippen LogP contribution >= 0.6 is 0 Å². The molecule has 1 saturated heterocycles. The van der Waals surface area contributed by atoms with Gasteiger partial charge in [0, 0.05) is 19.0 Å². The van der Waals surface area contributed by atoms with Crippen molar-refractivity contribution >= 4 is 11.6 Å². The summed E-state index contributed by atoms with van der Waals surface area (Å²) in [7, 11) is 0. The topological polar surface area (TPSA) is 73.9 Å². The number of H-pyrrole nitrogens is 1. The van der Waals surface area contributed by atoms with E-state index in [9.17, 15) is 13.6 Å². The van der Waals surface area contributed by atoms with Crippen LogP contribution in [0, 0.1) is 18.6 Å². The maximum absolute atomic E-state index is 13.5. The van der Waals surface area contributed by atoms with E-state index in [0.717, 1.165) is 49.2 Å². The molecule has 0 spiro atoms. The van der Waals surface area contributed by atoms with Crippen molar-refractivity contribution in [3.8, 4) is 0 Å². The van der Waals surface area contributed by atoms with E-state index in [0.29, 0.717) is 6.54 Å². The summed E-state index contributed by atoms with van der Waals surface area (Å²) in [5.74, 6) is -0.0969. The average Bonchev–Trinajstić information content (AvgIpc) is 3.17. The highest BCUT2D eigenvalue weighted by Gasteiger charge is 2.29. The third-order valence-corrected chi connectivity index (χ3v) is 4.10. The van der Waals surface area contributed by atoms with Gasteiger partial charge in [-0.15, -0.1) is 0 Å². The molecule has 1 amide bonds. The zero-order chi connectivity index (χ0) is 17.1. The fourth-order valence-corrected chi connectivity index (χ4v) is 2.95. The monoisotopic (exact) mass is 335 g/mol. The Hall–Kier alpha value is -2.35. The maximum atomic E-state index is 13.5. The van der Waals surface area contributed by atoms with Crippen molar-refractivity contribution < 1.29 is 13.6 Å². The fourth-order valence-electron chi connectivity index (χ4n) is 2.95. The summed E-state index contributed by atoms with van der Waals surface area (Å²) in [5, 5.41) is 9.44. The summed E-state index contributed by atoms with van der Waals surface area (Å²) in [6.45, 7) is 3.22. The summed E-state index contributed by atoms with van der Waals surface area (Å²) < 4.78 is 26.7. The van der Waals surface area contributed by atoms with Crippen LogP contribution in [-0.4, -0.2) is 39.1 Å². The van der Waals surface area contributed by atoms with Crippen molar-refractivity contribution in [1.82, 2.24) is 20.1 Å². The zero-order valence-corrected chi connectivity index (χ0v) is 13.4. The number of carbonyl (C=O) groups excluding carboxylic acids is 1. The lowest BCUT2D eigenvalue weighted by Crippen LogP contribution is -2.28. The van der Waals surface area contributed by atoms with Gasteiger partial charge in [0.05, 0.1) is 11.7 Å². The van der Waals surface area contributed by atoms with Crippen LogP contribution in [-0.2, 0) is 4.79 Å². The highest BCUT2D eigenvalue weighted by atomic mass is 19.1. The van der Waals surface area contributed by atoms with Crippen LogP contribution in [0.1, 0.15) is 37.0 Å². The van der Waals surface area contributed by atoms with Gasteiger partial charge in [0.25, 0.3) is 0 Å². The Morgan fingerprint density at radius 2 is 2.29 bits per heavy atom. The molecule has 8 heteroatoms. The number of hydrogen-bond donors (Lipinski definition) is 2. The van der Waals surface area contributed by atoms with Gasteiger partial charge in [0.15, 0.2) is 5.82 Å². The molecule has 0 unspecified atom stereocenters. The Labute approximate surface area is 138 Å². The molecule has 2 heterocycles. The molecule has 1 fully saturated rings. The molecular formula is C16H19F2N5O. The number of aryl methyl sites for hydroxylation is 1. The summed E-state index contributed by atoms with van der Waals surface area (Å²) in [6, 6.07) is 3.07. The second kappa shape index (κ2) is 7.04. The van der Waals surface area contributed by atoms with Crippen molar-refractivity contribution in [2.45, 2.75) is 32.2 Å². The molecule has 2 N–H and O–H groups in total. The van der Waals surface area contributed by atoms with Gasteiger partial charge >= 0.3 is 0 Å². The second-order valence-electron chi connectivity index (χ2n) is 5.90. The molecule has 1 aromatic heterocycles. The largest absolute Gasteiger partial charge is 0.323 e. The smallest absolute Gasteiger partial charge is 0.225 e. The van der Waals surface area contributed by atoms with Crippen LogP contribution in [0.4, 0.5) is 14.5 Å². The highest BCUT2D eigenvalue weighted by Crippen LogP contribution is 2.29. The maximum Gasteiger partial charge on any atom is 0.225 e. The van der Waals surface area contributed by atoms with Crippen molar-refractivity contribution in [2.24, 2.45) is 0 Å². The van der Waals surface area contributed by atoms with E-state index in [4.69, 9.17) is 0 Å². The van der Waals surface area contributed by atoms with E-state index in [2.05, 4.69) is 25.4 Å². The second-order valence-corrected chi connectivity index (χ2v) is 5.90. The Morgan fingerprint density at radius 1 is 1.46 bits per heavy atom. The molecule has 128 valence electrons. The molecule has 0 radical (unpaired) electrons. The molecule has 0 aliphatic carbocycles. The number of amides is 1. The lowest BCUT2D eigenvalue weighted by atomic mass is 10.2. The van der Waals surface area contributed by atoms with Gasteiger partial charge in [-0.1, -0.05) is 0 Å². The van der Waals surface area contributed by atoms with Gasteiger partial charge < -0.3 is 5.32 Å². The number of aromatic nitrogens is 3. The number of carbonyl (C=O) groups is 1. The lowest BCUT2D eigenvalue weighted by molar-refractivity contribution is -0.116. The van der Waals surface area contributed by atoms with Gasteiger partial charge in [0.1, 0.15) is 17.5 Å². The minimum Gasteiger partial charge on any atom is -0.323 e. The number of benzene rings is 1. The first-order valence-electron chi connectivity index (χ1n) is 7.91. The first kappa shape index (κ1) is 16.5. The number of halogens is 2. The van der Waals surface area contributed by atoms with E-state index in [-0.39, 0.29) is 24.1 Å². The predicted octanol–water partition coefficient (Wildman–Crippen LogP) is 2.56. The van der Waals surface area contributed by atoms with Crippen LogP contribution in [0.15, 0.2) is 18.2 Å². The highest BCUT2D eigenvalue weighted by molar-refractivity contribution is 5.90. The molecule has 1 aliphatic heterocycles.